The minimum Gasteiger partial charge on any atom is -0.378 e. The predicted octanol–water partition coefficient (Wildman–Crippen LogP) is 4.60. The minimum absolute atomic E-state index is 0.00614. The van der Waals surface area contributed by atoms with Gasteiger partial charge in [-0.25, -0.2) is 4.98 Å². The van der Waals surface area contributed by atoms with E-state index < -0.39 is 0 Å². The quantitative estimate of drug-likeness (QED) is 0.481. The smallest absolute Gasteiger partial charge is 0.269 e. The van der Waals surface area contributed by atoms with Crippen molar-refractivity contribution >= 4 is 23.0 Å². The highest BCUT2D eigenvalue weighted by Gasteiger charge is 2.14. The second kappa shape index (κ2) is 7.04. The van der Waals surface area contributed by atoms with Gasteiger partial charge in [-0.05, 0) is 24.1 Å². The molecule has 0 aliphatic rings. The summed E-state index contributed by atoms with van der Waals surface area (Å²) in [5.74, 6) is 0. The highest BCUT2D eigenvalue weighted by Crippen LogP contribution is 2.27. The molecule has 2 rings (SSSR count). The van der Waals surface area contributed by atoms with Gasteiger partial charge in [0.05, 0.1) is 11.0 Å². The fraction of sp³-hybridized carbons (Fsp3) is 0.267. The summed E-state index contributed by atoms with van der Waals surface area (Å²) in [7, 11) is 0. The van der Waals surface area contributed by atoms with Crippen LogP contribution in [0.1, 0.15) is 31.4 Å². The van der Waals surface area contributed by atoms with Gasteiger partial charge in [-0.1, -0.05) is 37.1 Å². The van der Waals surface area contributed by atoms with Crippen LogP contribution in [-0.2, 0) is 0 Å². The fourth-order valence-corrected chi connectivity index (χ4v) is 2.33. The Hall–Kier alpha value is -2.14. The van der Waals surface area contributed by atoms with Crippen molar-refractivity contribution in [3.8, 4) is 0 Å². The van der Waals surface area contributed by atoms with Crippen LogP contribution in [0.15, 0.2) is 42.6 Å². The van der Waals surface area contributed by atoms with Crippen LogP contribution < -0.4 is 5.32 Å². The number of hydrogen-bond donors (Lipinski definition) is 1. The van der Waals surface area contributed by atoms with Crippen LogP contribution in [0.4, 0.5) is 11.4 Å². The summed E-state index contributed by atoms with van der Waals surface area (Å²) in [4.78, 5) is 14.5. The molecular formula is C15H16ClN3O2. The third-order valence-electron chi connectivity index (χ3n) is 3.13. The SMILES string of the molecule is CCCC(Nc1ccnc(Cl)c1)c1cccc([N+](=O)[O-])c1. The molecule has 1 N–H and O–H groups in total. The maximum absolute atomic E-state index is 10.9. The van der Waals surface area contributed by atoms with E-state index in [-0.39, 0.29) is 16.7 Å². The molecule has 110 valence electrons. The molecule has 0 saturated carbocycles. The second-order valence-corrected chi connectivity index (χ2v) is 5.09. The normalized spacial score (nSPS) is 11.9. The van der Waals surface area contributed by atoms with Crippen LogP contribution in [-0.4, -0.2) is 9.91 Å². The van der Waals surface area contributed by atoms with Gasteiger partial charge in [-0.2, -0.15) is 0 Å². The van der Waals surface area contributed by atoms with Crippen molar-refractivity contribution in [3.63, 3.8) is 0 Å². The van der Waals surface area contributed by atoms with Gasteiger partial charge < -0.3 is 5.32 Å². The van der Waals surface area contributed by atoms with E-state index in [1.54, 1.807) is 24.4 Å². The van der Waals surface area contributed by atoms with Crippen LogP contribution in [0.5, 0.6) is 0 Å². The molecule has 1 heterocycles. The van der Waals surface area contributed by atoms with Crippen LogP contribution >= 0.6 is 11.6 Å². The van der Waals surface area contributed by atoms with Crippen molar-refractivity contribution in [2.24, 2.45) is 0 Å². The number of rotatable bonds is 6. The first-order chi connectivity index (χ1) is 10.1. The average molecular weight is 306 g/mol. The Kier molecular flexibility index (Phi) is 5.11. The molecule has 1 aromatic carbocycles. The van der Waals surface area contributed by atoms with E-state index in [0.29, 0.717) is 5.15 Å². The summed E-state index contributed by atoms with van der Waals surface area (Å²) in [6.07, 6.45) is 3.45. The molecule has 0 saturated heterocycles. The summed E-state index contributed by atoms with van der Waals surface area (Å²) in [6, 6.07) is 10.3. The predicted molar refractivity (Wildman–Crippen MR) is 83.6 cm³/mol. The van der Waals surface area contributed by atoms with Gasteiger partial charge in [0.25, 0.3) is 5.69 Å². The lowest BCUT2D eigenvalue weighted by molar-refractivity contribution is -0.384. The van der Waals surface area contributed by atoms with E-state index in [4.69, 9.17) is 11.6 Å². The molecular weight excluding hydrogens is 290 g/mol. The zero-order valence-electron chi connectivity index (χ0n) is 11.6. The standard InChI is InChI=1S/C15H16ClN3O2/c1-2-4-14(18-12-7-8-17-15(16)10-12)11-5-3-6-13(9-11)19(20)21/h3,5-10,14H,2,4H2,1H3,(H,17,18). The number of non-ortho nitro benzene ring substituents is 1. The monoisotopic (exact) mass is 305 g/mol. The van der Waals surface area contributed by atoms with Gasteiger partial charge in [0.15, 0.2) is 0 Å². The van der Waals surface area contributed by atoms with E-state index in [0.717, 1.165) is 24.1 Å². The number of nitrogens with zero attached hydrogens (tertiary/aromatic N) is 2. The fourth-order valence-electron chi connectivity index (χ4n) is 2.16. The van der Waals surface area contributed by atoms with E-state index in [1.165, 1.54) is 6.07 Å². The van der Waals surface area contributed by atoms with Crippen LogP contribution in [0.25, 0.3) is 0 Å². The number of benzene rings is 1. The molecule has 1 atom stereocenters. The van der Waals surface area contributed by atoms with Crippen molar-refractivity contribution in [2.75, 3.05) is 5.32 Å². The third kappa shape index (κ3) is 4.16. The zero-order valence-corrected chi connectivity index (χ0v) is 12.4. The molecule has 5 nitrogen and oxygen atoms in total. The molecule has 0 bridgehead atoms. The number of hydrogen-bond acceptors (Lipinski definition) is 4. The van der Waals surface area contributed by atoms with Crippen molar-refractivity contribution in [1.29, 1.82) is 0 Å². The Labute approximate surface area is 128 Å². The first kappa shape index (κ1) is 15.3. The minimum atomic E-state index is -0.379. The molecule has 6 heteroatoms. The molecule has 0 fully saturated rings. The molecule has 0 spiro atoms. The van der Waals surface area contributed by atoms with Crippen molar-refractivity contribution in [2.45, 2.75) is 25.8 Å². The van der Waals surface area contributed by atoms with Gasteiger partial charge in [0, 0.05) is 24.0 Å². The largest absolute Gasteiger partial charge is 0.378 e. The molecule has 0 aliphatic carbocycles. The van der Waals surface area contributed by atoms with E-state index in [2.05, 4.69) is 17.2 Å². The summed E-state index contributed by atoms with van der Waals surface area (Å²) in [5.41, 5.74) is 1.84. The van der Waals surface area contributed by atoms with Gasteiger partial charge in [-0.3, -0.25) is 10.1 Å². The van der Waals surface area contributed by atoms with E-state index >= 15 is 0 Å². The highest BCUT2D eigenvalue weighted by molar-refractivity contribution is 6.29. The zero-order chi connectivity index (χ0) is 15.2. The Morgan fingerprint density at radius 2 is 2.19 bits per heavy atom. The average Bonchev–Trinajstić information content (AvgIpc) is 2.47. The molecule has 0 aliphatic heterocycles. The number of pyridine rings is 1. The Bertz CT molecular complexity index is 634. The summed E-state index contributed by atoms with van der Waals surface area (Å²) in [5, 5.41) is 14.7. The summed E-state index contributed by atoms with van der Waals surface area (Å²) < 4.78 is 0. The third-order valence-corrected chi connectivity index (χ3v) is 3.33. The maximum Gasteiger partial charge on any atom is 0.269 e. The number of aromatic nitrogens is 1. The Morgan fingerprint density at radius 1 is 1.38 bits per heavy atom. The molecule has 2 aromatic rings. The highest BCUT2D eigenvalue weighted by atomic mass is 35.5. The lowest BCUT2D eigenvalue weighted by Gasteiger charge is -2.19. The first-order valence-corrected chi connectivity index (χ1v) is 7.10. The number of anilines is 1. The van der Waals surface area contributed by atoms with Crippen LogP contribution in [0.3, 0.4) is 0 Å². The summed E-state index contributed by atoms with van der Waals surface area (Å²) in [6.45, 7) is 2.07. The van der Waals surface area contributed by atoms with Crippen molar-refractivity contribution in [1.82, 2.24) is 4.98 Å². The first-order valence-electron chi connectivity index (χ1n) is 6.72. The van der Waals surface area contributed by atoms with Crippen molar-refractivity contribution < 1.29 is 4.92 Å². The van der Waals surface area contributed by atoms with Crippen molar-refractivity contribution in [3.05, 3.63) is 63.4 Å². The topological polar surface area (TPSA) is 68.1 Å². The van der Waals surface area contributed by atoms with Gasteiger partial charge in [0.2, 0.25) is 0 Å². The maximum atomic E-state index is 10.9. The van der Waals surface area contributed by atoms with Gasteiger partial charge >= 0.3 is 0 Å². The van der Waals surface area contributed by atoms with E-state index in [1.807, 2.05) is 12.1 Å². The molecule has 0 amide bonds. The number of nitro groups is 1. The molecule has 1 aromatic heterocycles. The second-order valence-electron chi connectivity index (χ2n) is 4.70. The number of nitro benzene ring substituents is 1. The molecule has 0 radical (unpaired) electrons. The van der Waals surface area contributed by atoms with Crippen LogP contribution in [0.2, 0.25) is 5.15 Å². The van der Waals surface area contributed by atoms with E-state index in [9.17, 15) is 10.1 Å². The number of halogens is 1. The molecule has 1 unspecified atom stereocenters. The molecule has 21 heavy (non-hydrogen) atoms. The Balaban J connectivity index is 2.26. The van der Waals surface area contributed by atoms with Crippen LogP contribution in [0, 0.1) is 10.1 Å². The summed E-state index contributed by atoms with van der Waals surface area (Å²) >= 11 is 5.88. The van der Waals surface area contributed by atoms with Gasteiger partial charge in [-0.15, -0.1) is 0 Å². The number of nitrogens with one attached hydrogen (secondary N) is 1. The lowest BCUT2D eigenvalue weighted by atomic mass is 10.0. The Morgan fingerprint density at radius 3 is 2.86 bits per heavy atom. The van der Waals surface area contributed by atoms with Gasteiger partial charge in [0.1, 0.15) is 5.15 Å². The lowest BCUT2D eigenvalue weighted by Crippen LogP contribution is -2.11.